The van der Waals surface area contributed by atoms with Gasteiger partial charge >= 0.3 is 0 Å². The summed E-state index contributed by atoms with van der Waals surface area (Å²) in [4.78, 5) is 9.35. The molecule has 5 rings (SSSR count). The Hall–Kier alpha value is -3.64. The molecule has 0 amide bonds. The molecule has 3 heterocycles. The van der Waals surface area contributed by atoms with Gasteiger partial charge in [0.1, 0.15) is 11.6 Å². The SMILES string of the molecule is COc1cccc(-c2nn(-c3ccccc3)cc2CN2CCN(c3ccccn3)CC2)c1. The van der Waals surface area contributed by atoms with Crippen LogP contribution in [-0.4, -0.2) is 53.0 Å². The molecule has 0 spiro atoms. The van der Waals surface area contributed by atoms with Crippen LogP contribution in [0.2, 0.25) is 0 Å². The van der Waals surface area contributed by atoms with E-state index in [-0.39, 0.29) is 0 Å². The third kappa shape index (κ3) is 4.36. The number of pyridine rings is 1. The minimum atomic E-state index is 0.840. The van der Waals surface area contributed by atoms with E-state index in [1.807, 2.05) is 53.3 Å². The van der Waals surface area contributed by atoms with Gasteiger partial charge in [-0.2, -0.15) is 5.10 Å². The molecule has 162 valence electrons. The molecule has 1 saturated heterocycles. The van der Waals surface area contributed by atoms with Crippen molar-refractivity contribution in [2.24, 2.45) is 0 Å². The smallest absolute Gasteiger partial charge is 0.128 e. The average Bonchev–Trinajstić information content (AvgIpc) is 3.29. The van der Waals surface area contributed by atoms with E-state index in [0.29, 0.717) is 0 Å². The van der Waals surface area contributed by atoms with Crippen LogP contribution in [0.5, 0.6) is 5.75 Å². The first-order chi connectivity index (χ1) is 15.8. The number of nitrogens with zero attached hydrogens (tertiary/aromatic N) is 5. The summed E-state index contributed by atoms with van der Waals surface area (Å²) in [7, 11) is 1.70. The van der Waals surface area contributed by atoms with Crippen molar-refractivity contribution in [1.29, 1.82) is 0 Å². The molecule has 1 aliphatic heterocycles. The molecule has 0 aliphatic carbocycles. The fourth-order valence-corrected chi connectivity index (χ4v) is 4.17. The molecule has 6 nitrogen and oxygen atoms in total. The number of anilines is 1. The summed E-state index contributed by atoms with van der Waals surface area (Å²) in [5.74, 6) is 1.90. The van der Waals surface area contributed by atoms with E-state index in [0.717, 1.165) is 61.2 Å². The van der Waals surface area contributed by atoms with Crippen LogP contribution in [0, 0.1) is 0 Å². The third-order valence-electron chi connectivity index (χ3n) is 5.89. The van der Waals surface area contributed by atoms with E-state index in [9.17, 15) is 0 Å². The standard InChI is InChI=1S/C26H27N5O/c1-32-24-11-7-8-21(18-24)26-22(20-31(28-26)23-9-3-2-4-10-23)19-29-14-16-30(17-15-29)25-12-5-6-13-27-25/h2-13,18,20H,14-17,19H2,1H3. The van der Waals surface area contributed by atoms with E-state index in [1.165, 1.54) is 5.56 Å². The second kappa shape index (κ2) is 9.24. The van der Waals surface area contributed by atoms with Crippen molar-refractivity contribution in [2.75, 3.05) is 38.2 Å². The molecule has 0 radical (unpaired) electrons. The van der Waals surface area contributed by atoms with Gasteiger partial charge in [-0.3, -0.25) is 4.90 Å². The average molecular weight is 426 g/mol. The maximum absolute atomic E-state index is 5.46. The molecule has 1 fully saturated rings. The molecule has 0 saturated carbocycles. The topological polar surface area (TPSA) is 46.4 Å². The molecule has 4 aromatic rings. The molecule has 0 unspecified atom stereocenters. The second-order valence-corrected chi connectivity index (χ2v) is 7.97. The van der Waals surface area contributed by atoms with Crippen molar-refractivity contribution in [3.05, 3.63) is 90.8 Å². The van der Waals surface area contributed by atoms with Crippen molar-refractivity contribution < 1.29 is 4.74 Å². The predicted octanol–water partition coefficient (Wildman–Crippen LogP) is 4.27. The third-order valence-corrected chi connectivity index (χ3v) is 5.89. The van der Waals surface area contributed by atoms with Crippen molar-refractivity contribution >= 4 is 5.82 Å². The van der Waals surface area contributed by atoms with Gasteiger partial charge in [0.25, 0.3) is 0 Å². The van der Waals surface area contributed by atoms with Gasteiger partial charge in [0, 0.05) is 56.2 Å². The highest BCUT2D eigenvalue weighted by Gasteiger charge is 2.21. The highest BCUT2D eigenvalue weighted by atomic mass is 16.5. The van der Waals surface area contributed by atoms with Gasteiger partial charge in [0.15, 0.2) is 0 Å². The summed E-state index contributed by atoms with van der Waals surface area (Å²) in [6.45, 7) is 4.78. The summed E-state index contributed by atoms with van der Waals surface area (Å²) < 4.78 is 7.44. The Kier molecular flexibility index (Phi) is 5.85. The van der Waals surface area contributed by atoms with E-state index >= 15 is 0 Å². The number of rotatable bonds is 6. The van der Waals surface area contributed by atoms with E-state index in [4.69, 9.17) is 9.84 Å². The monoisotopic (exact) mass is 425 g/mol. The van der Waals surface area contributed by atoms with Crippen molar-refractivity contribution in [3.63, 3.8) is 0 Å². The predicted molar refractivity (Wildman–Crippen MR) is 127 cm³/mol. The first kappa shape index (κ1) is 20.3. The molecule has 0 N–H and O–H groups in total. The highest BCUT2D eigenvalue weighted by molar-refractivity contribution is 5.65. The molecule has 6 heteroatoms. The molecule has 2 aromatic heterocycles. The summed E-state index contributed by atoms with van der Waals surface area (Å²) in [5, 5.41) is 4.97. The van der Waals surface area contributed by atoms with Crippen LogP contribution in [0.3, 0.4) is 0 Å². The van der Waals surface area contributed by atoms with Gasteiger partial charge in [0.05, 0.1) is 18.5 Å². The van der Waals surface area contributed by atoms with Crippen LogP contribution in [0.1, 0.15) is 5.56 Å². The number of ether oxygens (including phenoxy) is 1. The Bertz CT molecular complexity index is 1150. The van der Waals surface area contributed by atoms with Gasteiger partial charge < -0.3 is 9.64 Å². The summed E-state index contributed by atoms with van der Waals surface area (Å²) in [5.41, 5.74) is 4.34. The van der Waals surface area contributed by atoms with Crippen LogP contribution >= 0.6 is 0 Å². The van der Waals surface area contributed by atoms with Crippen LogP contribution in [0.4, 0.5) is 5.82 Å². The lowest BCUT2D eigenvalue weighted by atomic mass is 10.1. The Morgan fingerprint density at radius 3 is 2.44 bits per heavy atom. The lowest BCUT2D eigenvalue weighted by molar-refractivity contribution is 0.249. The van der Waals surface area contributed by atoms with Crippen molar-refractivity contribution in [3.8, 4) is 22.7 Å². The fourth-order valence-electron chi connectivity index (χ4n) is 4.17. The molecular formula is C26H27N5O. The first-order valence-electron chi connectivity index (χ1n) is 11.0. The van der Waals surface area contributed by atoms with Crippen molar-refractivity contribution in [2.45, 2.75) is 6.54 Å². The zero-order valence-corrected chi connectivity index (χ0v) is 18.3. The number of para-hydroxylation sites is 1. The Labute approximate surface area is 188 Å². The maximum atomic E-state index is 5.46. The first-order valence-corrected chi connectivity index (χ1v) is 11.0. The minimum absolute atomic E-state index is 0.840. The van der Waals surface area contributed by atoms with Gasteiger partial charge in [-0.05, 0) is 36.4 Å². The normalized spacial score (nSPS) is 14.5. The van der Waals surface area contributed by atoms with Gasteiger partial charge in [-0.15, -0.1) is 0 Å². The van der Waals surface area contributed by atoms with Crippen LogP contribution < -0.4 is 9.64 Å². The van der Waals surface area contributed by atoms with Gasteiger partial charge in [0.2, 0.25) is 0 Å². The van der Waals surface area contributed by atoms with Gasteiger partial charge in [-0.1, -0.05) is 36.4 Å². The van der Waals surface area contributed by atoms with Crippen molar-refractivity contribution in [1.82, 2.24) is 19.7 Å². The highest BCUT2D eigenvalue weighted by Crippen LogP contribution is 2.28. The van der Waals surface area contributed by atoms with Gasteiger partial charge in [-0.25, -0.2) is 9.67 Å². The number of hydrogen-bond donors (Lipinski definition) is 0. The lowest BCUT2D eigenvalue weighted by Gasteiger charge is -2.35. The lowest BCUT2D eigenvalue weighted by Crippen LogP contribution is -2.46. The number of aromatic nitrogens is 3. The molecule has 2 aromatic carbocycles. The minimum Gasteiger partial charge on any atom is -0.497 e. The number of hydrogen-bond acceptors (Lipinski definition) is 5. The van der Waals surface area contributed by atoms with Crippen LogP contribution in [0.25, 0.3) is 16.9 Å². The summed E-state index contributed by atoms with van der Waals surface area (Å²) >= 11 is 0. The Morgan fingerprint density at radius 2 is 1.69 bits per heavy atom. The Balaban J connectivity index is 1.39. The largest absolute Gasteiger partial charge is 0.497 e. The molecular weight excluding hydrogens is 398 g/mol. The summed E-state index contributed by atoms with van der Waals surface area (Å²) in [6, 6.07) is 24.5. The molecule has 0 atom stereocenters. The molecule has 1 aliphatic rings. The zero-order valence-electron chi connectivity index (χ0n) is 18.3. The van der Waals surface area contributed by atoms with E-state index in [2.05, 4.69) is 51.3 Å². The quantitative estimate of drug-likeness (QED) is 0.462. The maximum Gasteiger partial charge on any atom is 0.128 e. The fraction of sp³-hybridized carbons (Fsp3) is 0.231. The molecule has 32 heavy (non-hydrogen) atoms. The Morgan fingerprint density at radius 1 is 0.875 bits per heavy atom. The van der Waals surface area contributed by atoms with Crippen LogP contribution in [0.15, 0.2) is 85.2 Å². The number of methoxy groups -OCH3 is 1. The molecule has 0 bridgehead atoms. The zero-order chi connectivity index (χ0) is 21.8. The summed E-state index contributed by atoms with van der Waals surface area (Å²) in [6.07, 6.45) is 4.02. The van der Waals surface area contributed by atoms with E-state index < -0.39 is 0 Å². The number of piperazine rings is 1. The number of benzene rings is 2. The second-order valence-electron chi connectivity index (χ2n) is 7.97. The van der Waals surface area contributed by atoms with Crippen LogP contribution in [-0.2, 0) is 6.54 Å². The van der Waals surface area contributed by atoms with E-state index in [1.54, 1.807) is 7.11 Å².